The Labute approximate surface area is 129 Å². The lowest BCUT2D eigenvalue weighted by Gasteiger charge is -2.33. The first kappa shape index (κ1) is 14.1. The minimum absolute atomic E-state index is 0.0240. The third-order valence-corrected chi connectivity index (χ3v) is 3.87. The van der Waals surface area contributed by atoms with Crippen molar-refractivity contribution < 1.29 is 9.53 Å². The molecular weight excluding hydrogens is 286 g/mol. The predicted octanol–water partition coefficient (Wildman–Crippen LogP) is 3.55. The molecule has 1 amide bonds. The average molecular weight is 302 g/mol. The Morgan fingerprint density at radius 2 is 1.81 bits per heavy atom. The van der Waals surface area contributed by atoms with Gasteiger partial charge in [-0.05, 0) is 29.8 Å². The Hall–Kier alpha value is -1.84. The Morgan fingerprint density at radius 3 is 2.52 bits per heavy atom. The van der Waals surface area contributed by atoms with Gasteiger partial charge in [0.15, 0.2) is 0 Å². The van der Waals surface area contributed by atoms with Gasteiger partial charge in [-0.25, -0.2) is 0 Å². The number of halogens is 1. The van der Waals surface area contributed by atoms with E-state index in [-0.39, 0.29) is 12.0 Å². The van der Waals surface area contributed by atoms with Crippen LogP contribution in [0.3, 0.4) is 0 Å². The fraction of sp³-hybridized carbons (Fsp3) is 0.235. The number of rotatable bonds is 2. The van der Waals surface area contributed by atoms with E-state index in [9.17, 15) is 4.79 Å². The quantitative estimate of drug-likeness (QED) is 0.849. The van der Waals surface area contributed by atoms with Crippen LogP contribution >= 0.6 is 11.6 Å². The molecule has 21 heavy (non-hydrogen) atoms. The molecular formula is C17H16ClNO2. The van der Waals surface area contributed by atoms with E-state index in [0.29, 0.717) is 30.3 Å². The standard InChI is InChI=1S/C17H16ClNO2/c18-15-8-6-14(7-9-15)17(20)19-10-11-21-16(12-19)13-4-2-1-3-5-13/h1-9,16H,10-12H2/t16-/m1/s1. The van der Waals surface area contributed by atoms with Gasteiger partial charge in [-0.15, -0.1) is 0 Å². The average Bonchev–Trinajstić information content (AvgIpc) is 2.56. The van der Waals surface area contributed by atoms with Gasteiger partial charge < -0.3 is 9.64 Å². The van der Waals surface area contributed by atoms with E-state index in [1.165, 1.54) is 0 Å². The summed E-state index contributed by atoms with van der Waals surface area (Å²) < 4.78 is 5.78. The van der Waals surface area contributed by atoms with E-state index in [4.69, 9.17) is 16.3 Å². The minimum atomic E-state index is -0.0591. The maximum absolute atomic E-state index is 12.5. The van der Waals surface area contributed by atoms with Crippen molar-refractivity contribution in [2.24, 2.45) is 0 Å². The van der Waals surface area contributed by atoms with Crippen LogP contribution in [-0.4, -0.2) is 30.5 Å². The highest BCUT2D eigenvalue weighted by atomic mass is 35.5. The molecule has 0 N–H and O–H groups in total. The summed E-state index contributed by atoms with van der Waals surface area (Å²) in [6, 6.07) is 17.0. The van der Waals surface area contributed by atoms with Gasteiger partial charge in [0.25, 0.3) is 5.91 Å². The fourth-order valence-corrected chi connectivity index (χ4v) is 2.60. The van der Waals surface area contributed by atoms with Gasteiger partial charge in [0.2, 0.25) is 0 Å². The number of hydrogen-bond acceptors (Lipinski definition) is 2. The van der Waals surface area contributed by atoms with Crippen LogP contribution in [0.5, 0.6) is 0 Å². The number of morpholine rings is 1. The molecule has 0 aliphatic carbocycles. The monoisotopic (exact) mass is 301 g/mol. The minimum Gasteiger partial charge on any atom is -0.370 e. The van der Waals surface area contributed by atoms with Crippen molar-refractivity contribution in [1.29, 1.82) is 0 Å². The molecule has 108 valence electrons. The number of amides is 1. The maximum Gasteiger partial charge on any atom is 0.254 e. The van der Waals surface area contributed by atoms with Crippen LogP contribution in [0.25, 0.3) is 0 Å². The molecule has 0 saturated carbocycles. The summed E-state index contributed by atoms with van der Waals surface area (Å²) in [7, 11) is 0. The Bertz CT molecular complexity index is 612. The molecule has 3 rings (SSSR count). The van der Waals surface area contributed by atoms with Crippen molar-refractivity contribution in [3.8, 4) is 0 Å². The Kier molecular flexibility index (Phi) is 4.23. The van der Waals surface area contributed by atoms with Gasteiger partial charge >= 0.3 is 0 Å². The van der Waals surface area contributed by atoms with Crippen molar-refractivity contribution in [3.05, 3.63) is 70.7 Å². The molecule has 0 radical (unpaired) electrons. The van der Waals surface area contributed by atoms with Gasteiger partial charge in [-0.2, -0.15) is 0 Å². The largest absolute Gasteiger partial charge is 0.370 e. The van der Waals surface area contributed by atoms with Crippen LogP contribution in [0.2, 0.25) is 5.02 Å². The van der Waals surface area contributed by atoms with Crippen LogP contribution in [0.15, 0.2) is 54.6 Å². The second kappa shape index (κ2) is 6.29. The summed E-state index contributed by atoms with van der Waals surface area (Å²) in [6.45, 7) is 1.75. The van der Waals surface area contributed by atoms with Gasteiger partial charge in [0.05, 0.1) is 13.2 Å². The molecule has 1 aliphatic heterocycles. The van der Waals surface area contributed by atoms with E-state index in [2.05, 4.69) is 0 Å². The number of nitrogens with zero attached hydrogens (tertiary/aromatic N) is 1. The molecule has 2 aromatic rings. The van der Waals surface area contributed by atoms with Crippen LogP contribution in [-0.2, 0) is 4.74 Å². The molecule has 1 saturated heterocycles. The van der Waals surface area contributed by atoms with Gasteiger partial charge in [-0.1, -0.05) is 41.9 Å². The van der Waals surface area contributed by atoms with Crippen LogP contribution in [0.4, 0.5) is 0 Å². The molecule has 1 atom stereocenters. The fourth-order valence-electron chi connectivity index (χ4n) is 2.48. The van der Waals surface area contributed by atoms with Crippen LogP contribution in [0, 0.1) is 0 Å². The zero-order valence-electron chi connectivity index (χ0n) is 11.5. The molecule has 0 aromatic heterocycles. The summed E-state index contributed by atoms with van der Waals surface area (Å²) in [6.07, 6.45) is -0.0591. The third kappa shape index (κ3) is 3.26. The van der Waals surface area contributed by atoms with E-state index < -0.39 is 0 Å². The zero-order valence-corrected chi connectivity index (χ0v) is 12.3. The molecule has 3 nitrogen and oxygen atoms in total. The smallest absolute Gasteiger partial charge is 0.254 e. The molecule has 1 aliphatic rings. The van der Waals surface area contributed by atoms with Crippen molar-refractivity contribution in [2.75, 3.05) is 19.7 Å². The van der Waals surface area contributed by atoms with Crippen molar-refractivity contribution in [3.63, 3.8) is 0 Å². The van der Waals surface area contributed by atoms with Gasteiger partial charge in [-0.3, -0.25) is 4.79 Å². The lowest BCUT2D eigenvalue weighted by molar-refractivity contribution is -0.0228. The van der Waals surface area contributed by atoms with E-state index in [0.717, 1.165) is 5.56 Å². The molecule has 2 aromatic carbocycles. The SMILES string of the molecule is O=C(c1ccc(Cl)cc1)N1CCO[C@@H](c2ccccc2)C1. The Morgan fingerprint density at radius 1 is 1.10 bits per heavy atom. The molecule has 0 bridgehead atoms. The predicted molar refractivity (Wildman–Crippen MR) is 82.5 cm³/mol. The summed E-state index contributed by atoms with van der Waals surface area (Å²) in [5.41, 5.74) is 1.76. The van der Waals surface area contributed by atoms with Crippen LogP contribution < -0.4 is 0 Å². The number of benzene rings is 2. The summed E-state index contributed by atoms with van der Waals surface area (Å²) in [4.78, 5) is 14.4. The van der Waals surface area contributed by atoms with Crippen LogP contribution in [0.1, 0.15) is 22.0 Å². The first-order valence-electron chi connectivity index (χ1n) is 6.95. The number of ether oxygens (including phenoxy) is 1. The molecule has 4 heteroatoms. The highest BCUT2D eigenvalue weighted by Crippen LogP contribution is 2.23. The first-order valence-corrected chi connectivity index (χ1v) is 7.33. The van der Waals surface area contributed by atoms with E-state index in [1.54, 1.807) is 24.3 Å². The molecule has 0 unspecified atom stereocenters. The lowest BCUT2D eigenvalue weighted by Crippen LogP contribution is -2.42. The first-order chi connectivity index (χ1) is 10.2. The highest BCUT2D eigenvalue weighted by molar-refractivity contribution is 6.30. The number of carbonyl (C=O) groups excluding carboxylic acids is 1. The molecule has 1 fully saturated rings. The Balaban J connectivity index is 1.74. The second-order valence-electron chi connectivity index (χ2n) is 5.03. The van der Waals surface area contributed by atoms with Gasteiger partial charge in [0.1, 0.15) is 6.10 Å². The lowest BCUT2D eigenvalue weighted by atomic mass is 10.1. The number of carbonyl (C=O) groups is 1. The highest BCUT2D eigenvalue weighted by Gasteiger charge is 2.25. The maximum atomic E-state index is 12.5. The zero-order chi connectivity index (χ0) is 14.7. The number of hydrogen-bond donors (Lipinski definition) is 0. The topological polar surface area (TPSA) is 29.5 Å². The summed E-state index contributed by atoms with van der Waals surface area (Å²) in [5.74, 6) is 0.0240. The summed E-state index contributed by atoms with van der Waals surface area (Å²) in [5, 5.41) is 0.635. The molecule has 0 spiro atoms. The normalized spacial score (nSPS) is 18.5. The summed E-state index contributed by atoms with van der Waals surface area (Å²) >= 11 is 5.86. The van der Waals surface area contributed by atoms with E-state index in [1.807, 2.05) is 35.2 Å². The van der Waals surface area contributed by atoms with Crippen molar-refractivity contribution >= 4 is 17.5 Å². The van der Waals surface area contributed by atoms with Gasteiger partial charge in [0, 0.05) is 17.1 Å². The van der Waals surface area contributed by atoms with E-state index >= 15 is 0 Å². The van der Waals surface area contributed by atoms with Crippen molar-refractivity contribution in [2.45, 2.75) is 6.10 Å². The molecule has 1 heterocycles. The van der Waals surface area contributed by atoms with Crippen molar-refractivity contribution in [1.82, 2.24) is 4.90 Å². The third-order valence-electron chi connectivity index (χ3n) is 3.62. The second-order valence-corrected chi connectivity index (χ2v) is 5.46.